The van der Waals surface area contributed by atoms with E-state index in [1.807, 2.05) is 18.2 Å². The molecular formula is C15H18Br2N2O2. The molecule has 2 fully saturated rings. The molecule has 1 aromatic carbocycles. The van der Waals surface area contributed by atoms with Crippen molar-refractivity contribution in [3.05, 3.63) is 27.1 Å². The molecule has 4 nitrogen and oxygen atoms in total. The van der Waals surface area contributed by atoms with Crippen LogP contribution in [0.5, 0.6) is 0 Å². The lowest BCUT2D eigenvalue weighted by molar-refractivity contribution is -0.119. The number of nitrogens with zero attached hydrogens (tertiary/aromatic N) is 1. The van der Waals surface area contributed by atoms with Crippen molar-refractivity contribution in [2.24, 2.45) is 0 Å². The fourth-order valence-electron chi connectivity index (χ4n) is 3.45. The summed E-state index contributed by atoms with van der Waals surface area (Å²) in [4.78, 5) is 14.5. The van der Waals surface area contributed by atoms with Crippen LogP contribution in [0.3, 0.4) is 0 Å². The third-order valence-electron chi connectivity index (χ3n) is 4.39. The van der Waals surface area contributed by atoms with Gasteiger partial charge in [-0.05, 0) is 59.8 Å². The average molecular weight is 418 g/mol. The van der Waals surface area contributed by atoms with Crippen LogP contribution in [0.25, 0.3) is 0 Å². The van der Waals surface area contributed by atoms with Gasteiger partial charge in [-0.3, -0.25) is 9.69 Å². The van der Waals surface area contributed by atoms with E-state index in [1.54, 1.807) is 0 Å². The minimum Gasteiger partial charge on any atom is -0.393 e. The molecule has 0 aromatic heterocycles. The number of anilines is 1. The summed E-state index contributed by atoms with van der Waals surface area (Å²) in [7, 11) is 0. The first-order valence-electron chi connectivity index (χ1n) is 7.21. The number of hydrogen-bond acceptors (Lipinski definition) is 3. The maximum Gasteiger partial charge on any atom is 0.238 e. The van der Waals surface area contributed by atoms with E-state index in [9.17, 15) is 9.90 Å². The number of aliphatic hydroxyl groups is 1. The zero-order chi connectivity index (χ0) is 15.0. The van der Waals surface area contributed by atoms with E-state index in [2.05, 4.69) is 42.1 Å². The Hall–Kier alpha value is -0.430. The van der Waals surface area contributed by atoms with Crippen molar-refractivity contribution in [2.45, 2.75) is 43.9 Å². The van der Waals surface area contributed by atoms with Gasteiger partial charge >= 0.3 is 0 Å². The van der Waals surface area contributed by atoms with E-state index in [0.717, 1.165) is 40.3 Å². The van der Waals surface area contributed by atoms with Crippen molar-refractivity contribution in [3.63, 3.8) is 0 Å². The maximum atomic E-state index is 12.3. The van der Waals surface area contributed by atoms with Gasteiger partial charge in [-0.25, -0.2) is 0 Å². The molecule has 6 heteroatoms. The summed E-state index contributed by atoms with van der Waals surface area (Å²) in [5, 5.41) is 12.8. The molecule has 0 spiro atoms. The highest BCUT2D eigenvalue weighted by atomic mass is 79.9. The lowest BCUT2D eigenvalue weighted by Gasteiger charge is -2.36. The normalized spacial score (nSPS) is 28.6. The van der Waals surface area contributed by atoms with Crippen LogP contribution in [-0.2, 0) is 4.79 Å². The molecule has 3 rings (SSSR count). The second-order valence-corrected chi connectivity index (χ2v) is 7.62. The number of hydrogen-bond donors (Lipinski definition) is 2. The highest BCUT2D eigenvalue weighted by Gasteiger charge is 2.40. The summed E-state index contributed by atoms with van der Waals surface area (Å²) in [6.45, 7) is 0.407. The van der Waals surface area contributed by atoms with E-state index in [0.29, 0.717) is 18.6 Å². The zero-order valence-corrected chi connectivity index (χ0v) is 14.7. The molecule has 2 atom stereocenters. The second-order valence-electron chi connectivity index (χ2n) is 5.85. The average Bonchev–Trinajstić information content (AvgIpc) is 2.66. The Morgan fingerprint density at radius 2 is 1.95 bits per heavy atom. The molecule has 2 aliphatic heterocycles. The van der Waals surface area contributed by atoms with Crippen molar-refractivity contribution < 1.29 is 9.90 Å². The lowest BCUT2D eigenvalue weighted by atomic mass is 10.00. The maximum absolute atomic E-state index is 12.3. The molecule has 2 saturated heterocycles. The molecule has 2 heterocycles. The first-order chi connectivity index (χ1) is 10.0. The molecule has 0 aliphatic carbocycles. The summed E-state index contributed by atoms with van der Waals surface area (Å²) in [5.41, 5.74) is 0.785. The van der Waals surface area contributed by atoms with Gasteiger partial charge in [0.2, 0.25) is 5.91 Å². The van der Waals surface area contributed by atoms with Gasteiger partial charge in [0.25, 0.3) is 0 Å². The summed E-state index contributed by atoms with van der Waals surface area (Å²) >= 11 is 6.85. The zero-order valence-electron chi connectivity index (χ0n) is 11.6. The van der Waals surface area contributed by atoms with Crippen LogP contribution in [0.4, 0.5) is 5.69 Å². The van der Waals surface area contributed by atoms with Crippen molar-refractivity contribution in [1.82, 2.24) is 4.90 Å². The number of fused-ring (bicyclic) bond motifs is 2. The summed E-state index contributed by atoms with van der Waals surface area (Å²) in [6.07, 6.45) is 3.59. The Kier molecular flexibility index (Phi) is 4.69. The number of aliphatic hydroxyl groups excluding tert-OH is 1. The van der Waals surface area contributed by atoms with E-state index in [4.69, 9.17) is 0 Å². The van der Waals surface area contributed by atoms with Crippen molar-refractivity contribution >= 4 is 43.5 Å². The molecule has 2 bridgehead atoms. The van der Waals surface area contributed by atoms with Crippen LogP contribution >= 0.6 is 31.9 Å². The summed E-state index contributed by atoms with van der Waals surface area (Å²) < 4.78 is 1.83. The first kappa shape index (κ1) is 15.5. The third-order valence-corrected chi connectivity index (χ3v) is 5.54. The SMILES string of the molecule is O=C(CN1C2CCC1CC(O)C2)Nc1ccc(Br)cc1Br. The summed E-state index contributed by atoms with van der Waals surface area (Å²) in [5.74, 6) is 0.00584. The smallest absolute Gasteiger partial charge is 0.238 e. The minimum atomic E-state index is -0.192. The fraction of sp³-hybridized carbons (Fsp3) is 0.533. The standard InChI is InChI=1S/C15H18Br2N2O2/c16-9-1-4-14(13(17)5-9)18-15(21)8-19-10-2-3-11(19)7-12(20)6-10/h1,4-5,10-12,20H,2-3,6-8H2,(H,18,21). The largest absolute Gasteiger partial charge is 0.393 e. The Morgan fingerprint density at radius 3 is 2.57 bits per heavy atom. The predicted molar refractivity (Wildman–Crippen MR) is 89.2 cm³/mol. The first-order valence-corrected chi connectivity index (χ1v) is 8.80. The molecule has 1 amide bonds. The van der Waals surface area contributed by atoms with Gasteiger partial charge in [0.05, 0.1) is 18.3 Å². The molecule has 0 saturated carbocycles. The number of carbonyl (C=O) groups excluding carboxylic acids is 1. The minimum absolute atomic E-state index is 0.00584. The van der Waals surface area contributed by atoms with Crippen LogP contribution in [0.1, 0.15) is 25.7 Å². The molecular weight excluding hydrogens is 400 g/mol. The quantitative estimate of drug-likeness (QED) is 0.794. The van der Waals surface area contributed by atoms with E-state index < -0.39 is 0 Å². The Morgan fingerprint density at radius 1 is 1.29 bits per heavy atom. The molecule has 21 heavy (non-hydrogen) atoms. The number of amides is 1. The van der Waals surface area contributed by atoms with Crippen LogP contribution < -0.4 is 5.32 Å². The Bertz CT molecular complexity index is 538. The number of halogens is 2. The molecule has 2 unspecified atom stereocenters. The highest BCUT2D eigenvalue weighted by molar-refractivity contribution is 9.11. The monoisotopic (exact) mass is 416 g/mol. The van der Waals surface area contributed by atoms with Gasteiger partial charge < -0.3 is 10.4 Å². The predicted octanol–water partition coefficient (Wildman–Crippen LogP) is 3.14. The Balaban J connectivity index is 1.62. The number of nitrogens with one attached hydrogen (secondary N) is 1. The van der Waals surface area contributed by atoms with Gasteiger partial charge in [0.15, 0.2) is 0 Å². The van der Waals surface area contributed by atoms with Gasteiger partial charge in [-0.15, -0.1) is 0 Å². The van der Waals surface area contributed by atoms with E-state index >= 15 is 0 Å². The Labute approximate surface area is 141 Å². The van der Waals surface area contributed by atoms with E-state index in [1.165, 1.54) is 0 Å². The summed E-state index contributed by atoms with van der Waals surface area (Å²) in [6, 6.07) is 6.41. The van der Waals surface area contributed by atoms with Gasteiger partial charge in [-0.1, -0.05) is 15.9 Å². The van der Waals surface area contributed by atoms with E-state index in [-0.39, 0.29) is 12.0 Å². The number of carbonyl (C=O) groups is 1. The molecule has 0 radical (unpaired) electrons. The molecule has 2 N–H and O–H groups in total. The van der Waals surface area contributed by atoms with Crippen molar-refractivity contribution in [1.29, 1.82) is 0 Å². The second kappa shape index (κ2) is 6.36. The van der Waals surface area contributed by atoms with Crippen molar-refractivity contribution in [3.8, 4) is 0 Å². The lowest BCUT2D eigenvalue weighted by Crippen LogP contribution is -2.47. The topological polar surface area (TPSA) is 52.6 Å². The number of rotatable bonds is 3. The van der Waals surface area contributed by atoms with Crippen LogP contribution in [-0.4, -0.2) is 40.6 Å². The molecule has 2 aliphatic rings. The highest BCUT2D eigenvalue weighted by Crippen LogP contribution is 2.35. The third kappa shape index (κ3) is 3.50. The van der Waals surface area contributed by atoms with Gasteiger partial charge in [-0.2, -0.15) is 0 Å². The molecule has 114 valence electrons. The van der Waals surface area contributed by atoms with Crippen molar-refractivity contribution in [2.75, 3.05) is 11.9 Å². The number of benzene rings is 1. The fourth-order valence-corrected chi connectivity index (χ4v) is 4.60. The van der Waals surface area contributed by atoms with Crippen LogP contribution in [0.2, 0.25) is 0 Å². The number of piperidine rings is 1. The van der Waals surface area contributed by atoms with Gasteiger partial charge in [0.1, 0.15) is 0 Å². The van der Waals surface area contributed by atoms with Crippen LogP contribution in [0.15, 0.2) is 27.1 Å². The molecule has 1 aromatic rings. The van der Waals surface area contributed by atoms with Gasteiger partial charge in [0, 0.05) is 21.0 Å². The van der Waals surface area contributed by atoms with Crippen LogP contribution in [0, 0.1) is 0 Å².